The minimum atomic E-state index is -0.595. The lowest BCUT2D eigenvalue weighted by Gasteiger charge is -2.31. The van der Waals surface area contributed by atoms with Gasteiger partial charge < -0.3 is 4.57 Å². The highest BCUT2D eigenvalue weighted by molar-refractivity contribution is 9.10. The number of halogens is 1. The number of aromatic nitrogens is 1. The number of hydrogen-bond donors (Lipinski definition) is 1. The van der Waals surface area contributed by atoms with Gasteiger partial charge in [0.2, 0.25) is 0 Å². The maximum Gasteiger partial charge on any atom is 0.437 e. The number of oxime groups is 1. The minimum absolute atomic E-state index is 0.00298. The van der Waals surface area contributed by atoms with Gasteiger partial charge in [-0.2, -0.15) is 0 Å². The van der Waals surface area contributed by atoms with Gasteiger partial charge in [0.25, 0.3) is 0 Å². The van der Waals surface area contributed by atoms with Gasteiger partial charge in [-0.15, -0.1) is 0 Å². The molecule has 1 heterocycles. The van der Waals surface area contributed by atoms with Gasteiger partial charge in [0.1, 0.15) is 0 Å². The number of anilines is 1. The second-order valence-corrected chi connectivity index (χ2v) is 9.30. The molecule has 4 rings (SSSR count). The summed E-state index contributed by atoms with van der Waals surface area (Å²) < 4.78 is 3.31. The number of aryl methyl sites for hydroxylation is 1. The van der Waals surface area contributed by atoms with E-state index in [2.05, 4.69) is 69.9 Å². The van der Waals surface area contributed by atoms with Crippen LogP contribution in [0.3, 0.4) is 0 Å². The summed E-state index contributed by atoms with van der Waals surface area (Å²) in [6.07, 6.45) is 1.06. The van der Waals surface area contributed by atoms with E-state index in [4.69, 9.17) is 4.84 Å². The summed E-state index contributed by atoms with van der Waals surface area (Å²) in [5.41, 5.74) is 5.94. The van der Waals surface area contributed by atoms with Crippen LogP contribution in [0.2, 0.25) is 0 Å². The molecule has 0 unspecified atom stereocenters. The molecule has 0 saturated heterocycles. The van der Waals surface area contributed by atoms with Crippen LogP contribution in [0.25, 0.3) is 5.69 Å². The van der Waals surface area contributed by atoms with Crippen LogP contribution < -0.4 is 5.32 Å². The molecule has 1 amide bonds. The van der Waals surface area contributed by atoms with Crippen molar-refractivity contribution in [3.63, 3.8) is 0 Å². The first-order valence-electron chi connectivity index (χ1n) is 9.90. The smallest absolute Gasteiger partial charge is 0.318 e. The summed E-state index contributed by atoms with van der Waals surface area (Å²) in [7, 11) is 0. The Morgan fingerprint density at radius 2 is 1.80 bits per heavy atom. The topological polar surface area (TPSA) is 55.6 Å². The lowest BCUT2D eigenvalue weighted by molar-refractivity contribution is 0.165. The van der Waals surface area contributed by atoms with Crippen molar-refractivity contribution in [3.05, 3.63) is 82.1 Å². The summed E-state index contributed by atoms with van der Waals surface area (Å²) in [5, 5.41) is 6.96. The average Bonchev–Trinajstić information content (AvgIpc) is 3.02. The van der Waals surface area contributed by atoms with Gasteiger partial charge in [0.15, 0.2) is 0 Å². The molecule has 1 N–H and O–H groups in total. The first-order valence-corrected chi connectivity index (χ1v) is 10.7. The molecular formula is C24H24BrN3O2. The average molecular weight is 466 g/mol. The molecular weight excluding hydrogens is 442 g/mol. The molecule has 5 nitrogen and oxygen atoms in total. The molecule has 0 bridgehead atoms. The molecule has 30 heavy (non-hydrogen) atoms. The summed E-state index contributed by atoms with van der Waals surface area (Å²) >= 11 is 3.50. The lowest BCUT2D eigenvalue weighted by atomic mass is 9.76. The molecule has 0 aliphatic heterocycles. The number of amides is 1. The van der Waals surface area contributed by atoms with Crippen LogP contribution in [-0.4, -0.2) is 16.4 Å². The van der Waals surface area contributed by atoms with E-state index in [1.807, 2.05) is 30.3 Å². The van der Waals surface area contributed by atoms with Crippen molar-refractivity contribution >= 4 is 33.4 Å². The van der Waals surface area contributed by atoms with Gasteiger partial charge in [0, 0.05) is 32.8 Å². The quantitative estimate of drug-likeness (QED) is 0.355. The highest BCUT2D eigenvalue weighted by Gasteiger charge is 2.33. The maximum absolute atomic E-state index is 12.2. The summed E-state index contributed by atoms with van der Waals surface area (Å²) in [6, 6.07) is 19.6. The Kier molecular flexibility index (Phi) is 5.52. The van der Waals surface area contributed by atoms with Gasteiger partial charge in [-0.3, -0.25) is 10.2 Å². The van der Waals surface area contributed by atoms with Crippen LogP contribution in [0.1, 0.15) is 37.2 Å². The third-order valence-corrected chi connectivity index (χ3v) is 5.76. The van der Waals surface area contributed by atoms with E-state index in [0.29, 0.717) is 5.69 Å². The molecule has 1 aliphatic carbocycles. The maximum atomic E-state index is 12.2. The van der Waals surface area contributed by atoms with E-state index in [0.717, 1.165) is 40.0 Å². The van der Waals surface area contributed by atoms with Crippen LogP contribution in [0.15, 0.2) is 70.3 Å². The zero-order valence-electron chi connectivity index (χ0n) is 17.3. The van der Waals surface area contributed by atoms with Gasteiger partial charge >= 0.3 is 6.09 Å². The number of benzene rings is 2. The van der Waals surface area contributed by atoms with Crippen molar-refractivity contribution in [2.24, 2.45) is 10.6 Å². The van der Waals surface area contributed by atoms with E-state index in [-0.39, 0.29) is 5.41 Å². The van der Waals surface area contributed by atoms with Crippen molar-refractivity contribution in [1.29, 1.82) is 0 Å². The number of nitrogens with one attached hydrogen (secondary N) is 1. The Balaban J connectivity index is 1.65. The second kappa shape index (κ2) is 8.11. The highest BCUT2D eigenvalue weighted by atomic mass is 79.9. The number of nitrogens with zero attached hydrogens (tertiary/aromatic N) is 2. The minimum Gasteiger partial charge on any atom is -0.318 e. The van der Waals surface area contributed by atoms with E-state index in [9.17, 15) is 4.79 Å². The number of para-hydroxylation sites is 1. The molecule has 6 heteroatoms. The van der Waals surface area contributed by atoms with Gasteiger partial charge in [0.05, 0.1) is 5.71 Å². The normalized spacial score (nSPS) is 16.2. The predicted molar refractivity (Wildman–Crippen MR) is 123 cm³/mol. The third kappa shape index (κ3) is 4.33. The van der Waals surface area contributed by atoms with Crippen molar-refractivity contribution in [2.45, 2.75) is 33.6 Å². The highest BCUT2D eigenvalue weighted by Crippen LogP contribution is 2.38. The van der Waals surface area contributed by atoms with E-state index in [1.54, 1.807) is 12.1 Å². The van der Waals surface area contributed by atoms with Crippen LogP contribution in [0.4, 0.5) is 10.5 Å². The van der Waals surface area contributed by atoms with E-state index < -0.39 is 6.09 Å². The second-order valence-electron chi connectivity index (χ2n) is 8.38. The first kappa shape index (κ1) is 20.4. The fourth-order valence-electron chi connectivity index (χ4n) is 3.97. The molecule has 2 aromatic carbocycles. The Morgan fingerprint density at radius 1 is 1.10 bits per heavy atom. The first-order chi connectivity index (χ1) is 14.3. The zero-order valence-corrected chi connectivity index (χ0v) is 18.9. The summed E-state index contributed by atoms with van der Waals surface area (Å²) in [4.78, 5) is 17.4. The van der Waals surface area contributed by atoms with E-state index in [1.165, 1.54) is 5.69 Å². The van der Waals surface area contributed by atoms with Gasteiger partial charge in [-0.25, -0.2) is 4.79 Å². The predicted octanol–water partition coefficient (Wildman–Crippen LogP) is 6.47. The molecule has 0 radical (unpaired) electrons. The van der Waals surface area contributed by atoms with E-state index >= 15 is 0 Å². The monoisotopic (exact) mass is 465 g/mol. The van der Waals surface area contributed by atoms with Crippen molar-refractivity contribution in [3.8, 4) is 5.69 Å². The zero-order chi connectivity index (χ0) is 21.3. The Labute approximate surface area is 184 Å². The van der Waals surface area contributed by atoms with Crippen LogP contribution in [0, 0.1) is 12.3 Å². The number of carbonyl (C=O) groups is 1. The molecule has 0 atom stereocenters. The number of carbonyl (C=O) groups excluding carboxylic acids is 1. The third-order valence-electron chi connectivity index (χ3n) is 5.23. The fraction of sp³-hybridized carbons (Fsp3) is 0.250. The molecule has 154 valence electrons. The number of fused-ring (bicyclic) bond motifs is 1. The number of hydrogen-bond acceptors (Lipinski definition) is 3. The lowest BCUT2D eigenvalue weighted by Crippen LogP contribution is -2.29. The largest absolute Gasteiger partial charge is 0.437 e. The molecule has 3 aromatic rings. The molecule has 0 fully saturated rings. The molecule has 0 spiro atoms. The van der Waals surface area contributed by atoms with Crippen molar-refractivity contribution < 1.29 is 9.63 Å². The number of rotatable bonds is 3. The fourth-order valence-corrected chi connectivity index (χ4v) is 4.23. The molecule has 1 aliphatic rings. The van der Waals surface area contributed by atoms with Crippen LogP contribution in [-0.2, 0) is 11.3 Å². The van der Waals surface area contributed by atoms with Crippen LogP contribution in [0.5, 0.6) is 0 Å². The van der Waals surface area contributed by atoms with Crippen LogP contribution >= 0.6 is 15.9 Å². The van der Waals surface area contributed by atoms with Crippen molar-refractivity contribution in [1.82, 2.24) is 4.57 Å². The Morgan fingerprint density at radius 3 is 2.50 bits per heavy atom. The summed E-state index contributed by atoms with van der Waals surface area (Å²) in [5.74, 6) is 0. The molecule has 1 aromatic heterocycles. The summed E-state index contributed by atoms with van der Waals surface area (Å²) in [6.45, 7) is 6.52. The Hall–Kier alpha value is -2.86. The standard InChI is InChI=1S/C24H24BrN3O2/c1-16-13-20-21(27-30-23(29)26-18-7-5-4-6-8-18)14-24(2,3)15-22(20)28(16)19-11-9-17(25)10-12-19/h4-13H,14-15H2,1-3H3,(H,26,29)/b27-21+. The van der Waals surface area contributed by atoms with Gasteiger partial charge in [-0.05, 0) is 67.6 Å². The SMILES string of the molecule is Cc1cc2c(n1-c1ccc(Br)cc1)CC(C)(C)C/C2=N\OC(=O)Nc1ccccc1. The van der Waals surface area contributed by atoms with Gasteiger partial charge in [-0.1, -0.05) is 53.1 Å². The van der Waals surface area contributed by atoms with Crippen molar-refractivity contribution in [2.75, 3.05) is 5.32 Å². The Bertz CT molecular complexity index is 1100. The molecule has 0 saturated carbocycles.